The summed E-state index contributed by atoms with van der Waals surface area (Å²) in [5.74, 6) is 0.549. The second kappa shape index (κ2) is 8.08. The highest BCUT2D eigenvalue weighted by atomic mass is 16.5. The molecule has 2 rings (SSSR count). The van der Waals surface area contributed by atoms with E-state index in [0.29, 0.717) is 24.9 Å². The fourth-order valence-corrected chi connectivity index (χ4v) is 1.51. The van der Waals surface area contributed by atoms with Crippen LogP contribution < -0.4 is 5.32 Å². The average Bonchev–Trinajstić information content (AvgIpc) is 2.97. The van der Waals surface area contributed by atoms with Crippen LogP contribution in [0.3, 0.4) is 0 Å². The summed E-state index contributed by atoms with van der Waals surface area (Å²) < 4.78 is 15.1. The van der Waals surface area contributed by atoms with Crippen LogP contribution in [-0.4, -0.2) is 47.9 Å². The highest BCUT2D eigenvalue weighted by Gasteiger charge is 2.09. The van der Waals surface area contributed by atoms with Crippen molar-refractivity contribution in [1.29, 1.82) is 0 Å². The van der Waals surface area contributed by atoms with Gasteiger partial charge in [0.15, 0.2) is 0 Å². The van der Waals surface area contributed by atoms with Crippen molar-refractivity contribution in [2.24, 2.45) is 0 Å². The Morgan fingerprint density at radius 2 is 2.19 bits per heavy atom. The van der Waals surface area contributed by atoms with E-state index in [-0.39, 0.29) is 19.1 Å². The van der Waals surface area contributed by atoms with Crippen LogP contribution in [0.4, 0.5) is 0 Å². The van der Waals surface area contributed by atoms with Crippen LogP contribution in [0.2, 0.25) is 0 Å². The van der Waals surface area contributed by atoms with Crippen molar-refractivity contribution in [1.82, 2.24) is 20.4 Å². The molecule has 2 heterocycles. The molecular formula is C13H16N4O4. The fourth-order valence-electron chi connectivity index (χ4n) is 1.51. The fraction of sp³-hybridized carbons (Fsp3) is 0.385. The first-order chi connectivity index (χ1) is 10.3. The van der Waals surface area contributed by atoms with Crippen LogP contribution in [0, 0.1) is 0 Å². The molecule has 112 valence electrons. The van der Waals surface area contributed by atoms with E-state index in [4.69, 9.17) is 14.0 Å². The van der Waals surface area contributed by atoms with Gasteiger partial charge in [-0.05, 0) is 12.1 Å². The van der Waals surface area contributed by atoms with Crippen molar-refractivity contribution in [2.75, 3.05) is 26.9 Å². The number of hydrogen-bond acceptors (Lipinski definition) is 7. The van der Waals surface area contributed by atoms with Gasteiger partial charge in [-0.15, -0.1) is 0 Å². The molecule has 1 N–H and O–H groups in total. The first kappa shape index (κ1) is 15.1. The number of amides is 1. The molecule has 8 heteroatoms. The quantitative estimate of drug-likeness (QED) is 0.703. The van der Waals surface area contributed by atoms with Gasteiger partial charge in [-0.25, -0.2) is 0 Å². The monoisotopic (exact) mass is 292 g/mol. The molecule has 8 nitrogen and oxygen atoms in total. The number of pyridine rings is 1. The third-order valence-electron chi connectivity index (χ3n) is 2.49. The van der Waals surface area contributed by atoms with Gasteiger partial charge in [0, 0.05) is 31.6 Å². The van der Waals surface area contributed by atoms with Crippen LogP contribution in [0.1, 0.15) is 5.89 Å². The number of hydrogen-bond donors (Lipinski definition) is 1. The van der Waals surface area contributed by atoms with Crippen LogP contribution in [0.5, 0.6) is 0 Å². The van der Waals surface area contributed by atoms with Crippen LogP contribution in [0.15, 0.2) is 29.0 Å². The van der Waals surface area contributed by atoms with Crippen LogP contribution in [0.25, 0.3) is 11.4 Å². The Labute approximate surface area is 121 Å². The Morgan fingerprint density at radius 1 is 1.38 bits per heavy atom. The molecule has 0 bridgehead atoms. The summed E-state index contributed by atoms with van der Waals surface area (Å²) in [7, 11) is 1.57. The van der Waals surface area contributed by atoms with Gasteiger partial charge in [-0.2, -0.15) is 4.98 Å². The third-order valence-corrected chi connectivity index (χ3v) is 2.49. The number of carbonyl (C=O) groups is 1. The molecule has 0 fully saturated rings. The van der Waals surface area contributed by atoms with E-state index < -0.39 is 0 Å². The zero-order valence-corrected chi connectivity index (χ0v) is 11.6. The van der Waals surface area contributed by atoms with E-state index in [1.165, 1.54) is 0 Å². The summed E-state index contributed by atoms with van der Waals surface area (Å²) >= 11 is 0. The third kappa shape index (κ3) is 4.93. The van der Waals surface area contributed by atoms with Crippen molar-refractivity contribution in [2.45, 2.75) is 6.61 Å². The molecule has 0 radical (unpaired) electrons. The lowest BCUT2D eigenvalue weighted by molar-refractivity contribution is -0.126. The first-order valence-electron chi connectivity index (χ1n) is 6.36. The van der Waals surface area contributed by atoms with Gasteiger partial charge >= 0.3 is 0 Å². The second-order valence-corrected chi connectivity index (χ2v) is 4.08. The topological polar surface area (TPSA) is 99.4 Å². The highest BCUT2D eigenvalue weighted by Crippen LogP contribution is 2.14. The Bertz CT molecular complexity index is 558. The molecule has 0 spiro atoms. The van der Waals surface area contributed by atoms with E-state index in [0.717, 1.165) is 5.56 Å². The molecule has 0 saturated heterocycles. The normalized spacial score (nSPS) is 10.5. The predicted molar refractivity (Wildman–Crippen MR) is 72.1 cm³/mol. The Kier molecular flexibility index (Phi) is 5.80. The molecule has 0 saturated carbocycles. The van der Waals surface area contributed by atoms with Crippen molar-refractivity contribution >= 4 is 5.91 Å². The van der Waals surface area contributed by atoms with E-state index in [1.807, 2.05) is 0 Å². The molecule has 0 atom stereocenters. The van der Waals surface area contributed by atoms with Gasteiger partial charge in [-0.3, -0.25) is 9.78 Å². The lowest BCUT2D eigenvalue weighted by Gasteiger charge is -2.03. The number of carbonyl (C=O) groups excluding carboxylic acids is 1. The highest BCUT2D eigenvalue weighted by molar-refractivity contribution is 5.77. The standard InChI is InChI=1S/C13H16N4O4/c1-19-7-6-15-11(18)8-20-9-12-16-13(17-21-12)10-2-4-14-5-3-10/h2-5H,6-9H2,1H3,(H,15,18). The molecule has 2 aromatic heterocycles. The zero-order chi connectivity index (χ0) is 14.9. The summed E-state index contributed by atoms with van der Waals surface area (Å²) in [6, 6.07) is 3.55. The molecule has 1 amide bonds. The molecule has 0 aromatic carbocycles. The van der Waals surface area contributed by atoms with Crippen molar-refractivity contribution in [3.05, 3.63) is 30.4 Å². The van der Waals surface area contributed by atoms with E-state index in [2.05, 4.69) is 20.4 Å². The minimum atomic E-state index is -0.221. The maximum atomic E-state index is 11.4. The maximum absolute atomic E-state index is 11.4. The zero-order valence-electron chi connectivity index (χ0n) is 11.6. The minimum Gasteiger partial charge on any atom is -0.383 e. The number of aromatic nitrogens is 3. The molecule has 21 heavy (non-hydrogen) atoms. The van der Waals surface area contributed by atoms with Crippen molar-refractivity contribution in [3.8, 4) is 11.4 Å². The Morgan fingerprint density at radius 3 is 2.95 bits per heavy atom. The molecular weight excluding hydrogens is 276 g/mol. The summed E-state index contributed by atoms with van der Waals surface area (Å²) in [5, 5.41) is 6.47. The summed E-state index contributed by atoms with van der Waals surface area (Å²) in [6.45, 7) is 0.919. The van der Waals surface area contributed by atoms with Gasteiger partial charge in [-0.1, -0.05) is 5.16 Å². The van der Waals surface area contributed by atoms with Gasteiger partial charge in [0.25, 0.3) is 5.89 Å². The number of methoxy groups -OCH3 is 1. The second-order valence-electron chi connectivity index (χ2n) is 4.08. The summed E-state index contributed by atoms with van der Waals surface area (Å²) in [5.41, 5.74) is 0.803. The van der Waals surface area contributed by atoms with Gasteiger partial charge < -0.3 is 19.3 Å². The number of ether oxygens (including phenoxy) is 2. The summed E-state index contributed by atoms with van der Waals surface area (Å²) in [6.07, 6.45) is 3.29. The molecule has 2 aromatic rings. The van der Waals surface area contributed by atoms with E-state index in [9.17, 15) is 4.79 Å². The van der Waals surface area contributed by atoms with Crippen molar-refractivity contribution in [3.63, 3.8) is 0 Å². The first-order valence-corrected chi connectivity index (χ1v) is 6.36. The Hall–Kier alpha value is -2.32. The predicted octanol–water partition coefficient (Wildman–Crippen LogP) is 0.411. The molecule has 0 aliphatic rings. The SMILES string of the molecule is COCCNC(=O)COCc1nc(-c2ccncc2)no1. The lowest BCUT2D eigenvalue weighted by atomic mass is 10.2. The summed E-state index contributed by atoms with van der Waals surface area (Å²) in [4.78, 5) is 19.5. The van der Waals surface area contributed by atoms with Gasteiger partial charge in [0.2, 0.25) is 11.7 Å². The number of nitrogens with one attached hydrogen (secondary N) is 1. The number of rotatable bonds is 8. The lowest BCUT2D eigenvalue weighted by Crippen LogP contribution is -2.30. The van der Waals surface area contributed by atoms with Crippen LogP contribution >= 0.6 is 0 Å². The van der Waals surface area contributed by atoms with Crippen molar-refractivity contribution < 1.29 is 18.8 Å². The maximum Gasteiger partial charge on any atom is 0.252 e. The molecule has 0 aliphatic heterocycles. The molecule has 0 aliphatic carbocycles. The Balaban J connectivity index is 1.75. The smallest absolute Gasteiger partial charge is 0.252 e. The van der Waals surface area contributed by atoms with Crippen LogP contribution in [-0.2, 0) is 20.9 Å². The minimum absolute atomic E-state index is 0.0727. The van der Waals surface area contributed by atoms with Gasteiger partial charge in [0.1, 0.15) is 13.2 Å². The van der Waals surface area contributed by atoms with E-state index in [1.54, 1.807) is 31.6 Å². The molecule has 0 unspecified atom stereocenters. The largest absolute Gasteiger partial charge is 0.383 e. The average molecular weight is 292 g/mol. The van der Waals surface area contributed by atoms with E-state index >= 15 is 0 Å². The van der Waals surface area contributed by atoms with Gasteiger partial charge in [0.05, 0.1) is 6.61 Å². The number of nitrogens with zero attached hydrogens (tertiary/aromatic N) is 3.